The standard InChI is InChI=1S/C8H12N/c1-2-3-6-9-7-4-5-8-9/h3-8H2. The lowest BCUT2D eigenvalue weighted by Crippen LogP contribution is -2.19. The van der Waals surface area contributed by atoms with Crippen molar-refractivity contribution < 1.29 is 0 Å². The van der Waals surface area contributed by atoms with Gasteiger partial charge in [0.25, 0.3) is 0 Å². The molecule has 0 aliphatic carbocycles. The van der Waals surface area contributed by atoms with Crippen LogP contribution < -0.4 is 0 Å². The van der Waals surface area contributed by atoms with Crippen molar-refractivity contribution in [2.45, 2.75) is 19.3 Å². The average molecular weight is 122 g/mol. The topological polar surface area (TPSA) is 3.24 Å². The molecule has 0 aromatic carbocycles. The molecule has 0 amide bonds. The van der Waals surface area contributed by atoms with Crippen LogP contribution in [0.4, 0.5) is 0 Å². The van der Waals surface area contributed by atoms with Gasteiger partial charge in [-0.1, -0.05) is 5.92 Å². The van der Waals surface area contributed by atoms with Gasteiger partial charge in [0.05, 0.1) is 0 Å². The van der Waals surface area contributed by atoms with E-state index in [4.69, 9.17) is 6.42 Å². The summed E-state index contributed by atoms with van der Waals surface area (Å²) in [5.74, 6) is 2.40. The monoisotopic (exact) mass is 122 g/mol. The molecule has 0 saturated carbocycles. The zero-order valence-electron chi connectivity index (χ0n) is 5.69. The van der Waals surface area contributed by atoms with E-state index >= 15 is 0 Å². The summed E-state index contributed by atoms with van der Waals surface area (Å²) in [4.78, 5) is 2.39. The molecule has 0 atom stereocenters. The molecule has 0 N–H and O–H groups in total. The zero-order chi connectivity index (χ0) is 6.53. The van der Waals surface area contributed by atoms with Crippen LogP contribution in [0.25, 0.3) is 0 Å². The fourth-order valence-corrected chi connectivity index (χ4v) is 1.22. The first-order valence-electron chi connectivity index (χ1n) is 3.55. The molecule has 1 aliphatic heterocycles. The molecular weight excluding hydrogens is 110 g/mol. The van der Waals surface area contributed by atoms with Crippen LogP contribution in [0.2, 0.25) is 0 Å². The van der Waals surface area contributed by atoms with Gasteiger partial charge in [0, 0.05) is 13.0 Å². The van der Waals surface area contributed by atoms with Gasteiger partial charge < -0.3 is 4.90 Å². The van der Waals surface area contributed by atoms with Crippen molar-refractivity contribution in [1.29, 1.82) is 0 Å². The van der Waals surface area contributed by atoms with Crippen molar-refractivity contribution in [3.63, 3.8) is 0 Å². The summed E-state index contributed by atoms with van der Waals surface area (Å²) >= 11 is 0. The number of hydrogen-bond acceptors (Lipinski definition) is 1. The first-order valence-corrected chi connectivity index (χ1v) is 3.55. The quantitative estimate of drug-likeness (QED) is 0.495. The largest absolute Gasteiger partial charge is 0.302 e. The molecule has 0 spiro atoms. The van der Waals surface area contributed by atoms with Crippen LogP contribution in [-0.2, 0) is 0 Å². The maximum Gasteiger partial charge on any atom is 0.0227 e. The van der Waals surface area contributed by atoms with Crippen molar-refractivity contribution in [3.05, 3.63) is 6.42 Å². The van der Waals surface area contributed by atoms with Gasteiger partial charge in [0.15, 0.2) is 0 Å². The van der Waals surface area contributed by atoms with Crippen LogP contribution in [0.15, 0.2) is 0 Å². The predicted octanol–water partition coefficient (Wildman–Crippen LogP) is 1.06. The van der Waals surface area contributed by atoms with Crippen LogP contribution >= 0.6 is 0 Å². The van der Waals surface area contributed by atoms with E-state index in [0.717, 1.165) is 13.0 Å². The molecular formula is C8H12N. The molecule has 1 aliphatic rings. The van der Waals surface area contributed by atoms with Gasteiger partial charge in [0.1, 0.15) is 0 Å². The Labute approximate surface area is 57.0 Å². The highest BCUT2D eigenvalue weighted by Crippen LogP contribution is 2.06. The van der Waals surface area contributed by atoms with Crippen molar-refractivity contribution in [2.75, 3.05) is 19.6 Å². The molecule has 0 unspecified atom stereocenters. The van der Waals surface area contributed by atoms with Crippen LogP contribution in [-0.4, -0.2) is 24.5 Å². The lowest BCUT2D eigenvalue weighted by molar-refractivity contribution is 0.348. The second-order valence-corrected chi connectivity index (χ2v) is 2.48. The van der Waals surface area contributed by atoms with Gasteiger partial charge in [0.2, 0.25) is 0 Å². The van der Waals surface area contributed by atoms with E-state index in [1.54, 1.807) is 0 Å². The van der Waals surface area contributed by atoms with Crippen molar-refractivity contribution >= 4 is 0 Å². The number of rotatable bonds is 2. The molecule has 1 heteroatoms. The van der Waals surface area contributed by atoms with E-state index in [9.17, 15) is 0 Å². The Kier molecular flexibility index (Phi) is 2.60. The third-order valence-corrected chi connectivity index (χ3v) is 1.75. The number of nitrogens with zero attached hydrogens (tertiary/aromatic N) is 1. The lowest BCUT2D eigenvalue weighted by atomic mass is 10.4. The summed E-state index contributed by atoms with van der Waals surface area (Å²) in [6.07, 6.45) is 10.2. The van der Waals surface area contributed by atoms with Gasteiger partial charge in [-0.15, -0.1) is 0 Å². The molecule has 1 saturated heterocycles. The SMILES string of the molecule is [C]#CCCN1CCCC1. The zero-order valence-corrected chi connectivity index (χ0v) is 5.69. The summed E-state index contributed by atoms with van der Waals surface area (Å²) < 4.78 is 0. The number of likely N-dealkylation sites (tertiary alicyclic amines) is 1. The third kappa shape index (κ3) is 2.07. The fourth-order valence-electron chi connectivity index (χ4n) is 1.22. The Balaban J connectivity index is 2.06. The van der Waals surface area contributed by atoms with Gasteiger partial charge in [-0.3, -0.25) is 0 Å². The molecule has 1 radical (unpaired) electrons. The molecule has 1 nitrogen and oxygen atoms in total. The summed E-state index contributed by atoms with van der Waals surface area (Å²) in [6, 6.07) is 0. The van der Waals surface area contributed by atoms with Gasteiger partial charge >= 0.3 is 0 Å². The molecule has 49 valence electrons. The fraction of sp³-hybridized carbons (Fsp3) is 0.750. The Morgan fingerprint density at radius 3 is 2.56 bits per heavy atom. The Bertz CT molecular complexity index is 106. The van der Waals surface area contributed by atoms with Gasteiger partial charge in [-0.25, -0.2) is 0 Å². The van der Waals surface area contributed by atoms with Crippen LogP contribution in [0.3, 0.4) is 0 Å². The minimum Gasteiger partial charge on any atom is -0.302 e. The number of hydrogen-bond donors (Lipinski definition) is 0. The van der Waals surface area contributed by atoms with E-state index in [1.807, 2.05) is 0 Å². The highest BCUT2D eigenvalue weighted by Gasteiger charge is 2.08. The van der Waals surface area contributed by atoms with E-state index in [0.29, 0.717) is 0 Å². The lowest BCUT2D eigenvalue weighted by Gasteiger charge is -2.10. The first kappa shape index (κ1) is 6.64. The average Bonchev–Trinajstić information content (AvgIpc) is 2.34. The molecule has 1 heterocycles. The third-order valence-electron chi connectivity index (χ3n) is 1.75. The Morgan fingerprint density at radius 1 is 1.33 bits per heavy atom. The maximum atomic E-state index is 6.69. The summed E-state index contributed by atoms with van der Waals surface area (Å²) in [7, 11) is 0. The summed E-state index contributed by atoms with van der Waals surface area (Å²) in [5.41, 5.74) is 0. The highest BCUT2D eigenvalue weighted by molar-refractivity contribution is 4.78. The van der Waals surface area contributed by atoms with Gasteiger partial charge in [-0.2, -0.15) is 0 Å². The molecule has 0 aromatic heterocycles. The molecule has 0 aromatic rings. The highest BCUT2D eigenvalue weighted by atomic mass is 15.1. The van der Waals surface area contributed by atoms with Crippen LogP contribution in [0, 0.1) is 12.3 Å². The molecule has 9 heavy (non-hydrogen) atoms. The molecule has 1 rings (SSSR count). The second kappa shape index (κ2) is 3.53. The summed E-state index contributed by atoms with van der Waals surface area (Å²) in [5, 5.41) is 0. The first-order chi connectivity index (χ1) is 4.43. The van der Waals surface area contributed by atoms with E-state index < -0.39 is 0 Å². The van der Waals surface area contributed by atoms with E-state index in [2.05, 4.69) is 10.8 Å². The minimum absolute atomic E-state index is 0.806. The van der Waals surface area contributed by atoms with Crippen LogP contribution in [0.5, 0.6) is 0 Å². The summed E-state index contributed by atoms with van der Waals surface area (Å²) in [6.45, 7) is 3.52. The normalized spacial score (nSPS) is 19.9. The Morgan fingerprint density at radius 2 is 2.00 bits per heavy atom. The van der Waals surface area contributed by atoms with Crippen molar-refractivity contribution in [1.82, 2.24) is 4.90 Å². The predicted molar refractivity (Wildman–Crippen MR) is 37.4 cm³/mol. The van der Waals surface area contributed by atoms with E-state index in [1.165, 1.54) is 25.9 Å². The van der Waals surface area contributed by atoms with E-state index in [-0.39, 0.29) is 0 Å². The van der Waals surface area contributed by atoms with Gasteiger partial charge in [-0.05, 0) is 32.4 Å². The van der Waals surface area contributed by atoms with Crippen molar-refractivity contribution in [3.8, 4) is 5.92 Å². The molecule has 1 fully saturated rings. The smallest absolute Gasteiger partial charge is 0.0227 e. The molecule has 0 bridgehead atoms. The van der Waals surface area contributed by atoms with Crippen LogP contribution in [0.1, 0.15) is 19.3 Å². The Hall–Kier alpha value is -0.480. The minimum atomic E-state index is 0.806. The van der Waals surface area contributed by atoms with Crippen molar-refractivity contribution in [2.24, 2.45) is 0 Å². The maximum absolute atomic E-state index is 6.69. The second-order valence-electron chi connectivity index (χ2n) is 2.48.